The summed E-state index contributed by atoms with van der Waals surface area (Å²) in [5, 5.41) is 0. The van der Waals surface area contributed by atoms with Gasteiger partial charge in [-0.25, -0.2) is 4.98 Å². The lowest BCUT2D eigenvalue weighted by molar-refractivity contribution is 0.406. The van der Waals surface area contributed by atoms with Crippen molar-refractivity contribution in [3.63, 3.8) is 0 Å². The fraction of sp³-hybridized carbons (Fsp3) is 0.357. The molecular weight excluding hydrogens is 210 g/mol. The SMILES string of the molecule is NCc1ccccc1-n1cncc1C1CCC1. The second kappa shape index (κ2) is 4.34. The lowest BCUT2D eigenvalue weighted by Gasteiger charge is -2.26. The van der Waals surface area contributed by atoms with Gasteiger partial charge in [0, 0.05) is 24.4 Å². The Kier molecular flexibility index (Phi) is 2.69. The predicted molar refractivity (Wildman–Crippen MR) is 68.0 cm³/mol. The number of nitrogens with two attached hydrogens (primary N) is 1. The smallest absolute Gasteiger partial charge is 0.0994 e. The summed E-state index contributed by atoms with van der Waals surface area (Å²) in [4.78, 5) is 4.30. The number of benzene rings is 1. The molecule has 0 spiro atoms. The minimum absolute atomic E-state index is 0.568. The molecule has 1 aromatic carbocycles. The van der Waals surface area contributed by atoms with Crippen LogP contribution >= 0.6 is 0 Å². The first kappa shape index (κ1) is 10.5. The zero-order chi connectivity index (χ0) is 11.7. The van der Waals surface area contributed by atoms with E-state index >= 15 is 0 Å². The third-order valence-electron chi connectivity index (χ3n) is 3.66. The van der Waals surface area contributed by atoms with E-state index in [0.717, 1.165) is 0 Å². The van der Waals surface area contributed by atoms with E-state index in [1.807, 2.05) is 18.6 Å². The Morgan fingerprint density at radius 2 is 2.12 bits per heavy atom. The molecule has 2 N–H and O–H groups in total. The number of imidazole rings is 1. The second-order valence-corrected chi connectivity index (χ2v) is 4.65. The summed E-state index contributed by atoms with van der Waals surface area (Å²) in [6.45, 7) is 0.568. The zero-order valence-corrected chi connectivity index (χ0v) is 9.84. The molecule has 1 aromatic heterocycles. The van der Waals surface area contributed by atoms with Crippen LogP contribution in [0.15, 0.2) is 36.8 Å². The maximum atomic E-state index is 5.80. The molecular formula is C14H17N3. The minimum Gasteiger partial charge on any atom is -0.326 e. The van der Waals surface area contributed by atoms with Gasteiger partial charge in [0.15, 0.2) is 0 Å². The van der Waals surface area contributed by atoms with E-state index in [1.165, 1.54) is 36.2 Å². The Hall–Kier alpha value is -1.61. The van der Waals surface area contributed by atoms with Crippen LogP contribution in [-0.2, 0) is 6.54 Å². The van der Waals surface area contributed by atoms with E-state index in [2.05, 4.69) is 27.8 Å². The molecule has 0 amide bonds. The van der Waals surface area contributed by atoms with Crippen LogP contribution in [0.5, 0.6) is 0 Å². The van der Waals surface area contributed by atoms with E-state index in [1.54, 1.807) is 0 Å². The molecule has 1 aliphatic rings. The quantitative estimate of drug-likeness (QED) is 0.876. The fourth-order valence-corrected chi connectivity index (χ4v) is 2.43. The topological polar surface area (TPSA) is 43.8 Å². The van der Waals surface area contributed by atoms with E-state index in [9.17, 15) is 0 Å². The average molecular weight is 227 g/mol. The van der Waals surface area contributed by atoms with E-state index in [-0.39, 0.29) is 0 Å². The van der Waals surface area contributed by atoms with Crippen molar-refractivity contribution in [1.82, 2.24) is 9.55 Å². The summed E-state index contributed by atoms with van der Waals surface area (Å²) < 4.78 is 2.20. The van der Waals surface area contributed by atoms with E-state index < -0.39 is 0 Å². The van der Waals surface area contributed by atoms with Gasteiger partial charge in [0.2, 0.25) is 0 Å². The first-order chi connectivity index (χ1) is 8.40. The Morgan fingerprint density at radius 3 is 2.82 bits per heavy atom. The molecule has 17 heavy (non-hydrogen) atoms. The van der Waals surface area contributed by atoms with Crippen LogP contribution < -0.4 is 5.73 Å². The molecule has 0 unspecified atom stereocenters. The van der Waals surface area contributed by atoms with Crippen molar-refractivity contribution in [2.24, 2.45) is 5.73 Å². The largest absolute Gasteiger partial charge is 0.326 e. The highest BCUT2D eigenvalue weighted by Crippen LogP contribution is 2.37. The molecule has 3 nitrogen and oxygen atoms in total. The standard InChI is InChI=1S/C14H17N3/c15-8-12-4-1-2-7-13(12)17-10-16-9-14(17)11-5-3-6-11/h1-2,4,7,9-11H,3,5-6,8,15H2. The molecule has 3 rings (SSSR count). The molecule has 0 saturated heterocycles. The van der Waals surface area contributed by atoms with Crippen LogP contribution in [0.3, 0.4) is 0 Å². The Bertz CT molecular complexity index is 512. The average Bonchev–Trinajstić information content (AvgIpc) is 2.75. The van der Waals surface area contributed by atoms with Crippen molar-refractivity contribution in [2.75, 3.05) is 0 Å². The third kappa shape index (κ3) is 1.76. The molecule has 1 aliphatic carbocycles. The summed E-state index contributed by atoms with van der Waals surface area (Å²) in [5.74, 6) is 0.684. The maximum Gasteiger partial charge on any atom is 0.0994 e. The first-order valence-electron chi connectivity index (χ1n) is 6.20. The molecule has 1 fully saturated rings. The highest BCUT2D eigenvalue weighted by molar-refractivity contribution is 5.42. The summed E-state index contributed by atoms with van der Waals surface area (Å²) in [5.41, 5.74) is 9.47. The molecule has 2 aromatic rings. The van der Waals surface area contributed by atoms with Crippen LogP contribution in [0.25, 0.3) is 5.69 Å². The summed E-state index contributed by atoms with van der Waals surface area (Å²) in [6, 6.07) is 8.29. The van der Waals surface area contributed by atoms with Crippen LogP contribution in [0.4, 0.5) is 0 Å². The van der Waals surface area contributed by atoms with Crippen molar-refractivity contribution in [2.45, 2.75) is 31.7 Å². The number of hydrogen-bond donors (Lipinski definition) is 1. The molecule has 1 heterocycles. The minimum atomic E-state index is 0.568. The van der Waals surface area contributed by atoms with Crippen molar-refractivity contribution in [3.8, 4) is 5.69 Å². The number of para-hydroxylation sites is 1. The lowest BCUT2D eigenvalue weighted by Crippen LogP contribution is -2.14. The fourth-order valence-electron chi connectivity index (χ4n) is 2.43. The van der Waals surface area contributed by atoms with Gasteiger partial charge in [-0.05, 0) is 24.5 Å². The summed E-state index contributed by atoms with van der Waals surface area (Å²) in [7, 11) is 0. The van der Waals surface area contributed by atoms with Crippen LogP contribution in [-0.4, -0.2) is 9.55 Å². The Labute approximate surface area is 101 Å². The Morgan fingerprint density at radius 1 is 1.29 bits per heavy atom. The van der Waals surface area contributed by atoms with Crippen LogP contribution in [0.1, 0.15) is 36.4 Å². The van der Waals surface area contributed by atoms with Gasteiger partial charge in [0.05, 0.1) is 12.0 Å². The zero-order valence-electron chi connectivity index (χ0n) is 9.84. The van der Waals surface area contributed by atoms with Gasteiger partial charge in [0.1, 0.15) is 0 Å². The molecule has 0 bridgehead atoms. The summed E-state index contributed by atoms with van der Waals surface area (Å²) >= 11 is 0. The van der Waals surface area contributed by atoms with Crippen molar-refractivity contribution in [3.05, 3.63) is 48.0 Å². The number of nitrogens with zero attached hydrogens (tertiary/aromatic N) is 2. The van der Waals surface area contributed by atoms with Gasteiger partial charge in [0.25, 0.3) is 0 Å². The van der Waals surface area contributed by atoms with Crippen molar-refractivity contribution < 1.29 is 0 Å². The molecule has 3 heteroatoms. The van der Waals surface area contributed by atoms with Crippen LogP contribution in [0, 0.1) is 0 Å². The van der Waals surface area contributed by atoms with Gasteiger partial charge >= 0.3 is 0 Å². The molecule has 88 valence electrons. The number of hydrogen-bond acceptors (Lipinski definition) is 2. The van der Waals surface area contributed by atoms with Gasteiger partial charge in [-0.2, -0.15) is 0 Å². The van der Waals surface area contributed by atoms with E-state index in [0.29, 0.717) is 12.5 Å². The van der Waals surface area contributed by atoms with Gasteiger partial charge < -0.3 is 10.3 Å². The van der Waals surface area contributed by atoms with Crippen molar-refractivity contribution >= 4 is 0 Å². The molecule has 0 radical (unpaired) electrons. The lowest BCUT2D eigenvalue weighted by atomic mass is 9.83. The highest BCUT2D eigenvalue weighted by Gasteiger charge is 2.23. The predicted octanol–water partition coefficient (Wildman–Crippen LogP) is 2.60. The van der Waals surface area contributed by atoms with Crippen molar-refractivity contribution in [1.29, 1.82) is 0 Å². The summed E-state index contributed by atoms with van der Waals surface area (Å²) in [6.07, 6.45) is 7.82. The van der Waals surface area contributed by atoms with Gasteiger partial charge in [-0.3, -0.25) is 0 Å². The second-order valence-electron chi connectivity index (χ2n) is 4.65. The molecule has 0 atom stereocenters. The monoisotopic (exact) mass is 227 g/mol. The maximum absolute atomic E-state index is 5.80. The van der Waals surface area contributed by atoms with Gasteiger partial charge in [-0.15, -0.1) is 0 Å². The third-order valence-corrected chi connectivity index (χ3v) is 3.66. The first-order valence-corrected chi connectivity index (χ1v) is 6.20. The molecule has 1 saturated carbocycles. The van der Waals surface area contributed by atoms with Gasteiger partial charge in [-0.1, -0.05) is 24.6 Å². The number of rotatable bonds is 3. The normalized spacial score (nSPS) is 15.8. The Balaban J connectivity index is 2.05. The molecule has 0 aliphatic heterocycles. The number of aromatic nitrogens is 2. The van der Waals surface area contributed by atoms with Crippen LogP contribution in [0.2, 0.25) is 0 Å². The highest BCUT2D eigenvalue weighted by atomic mass is 15.1. The van der Waals surface area contributed by atoms with E-state index in [4.69, 9.17) is 5.73 Å².